The smallest absolute Gasteiger partial charge is 0.255 e. The number of nitrogens with zero attached hydrogens (tertiary/aromatic N) is 6. The number of benzene rings is 6. The standard InChI is InChI=1S/C39H34N8O12S2/c1-52-32-18-29(33(53-2)17-28(32)43-42-24-9-12-26(13-10-24)60-58-56-50)44-45-30-19-35(55-4)31(20-34(30)54-3)46-47-37-36(61-59-57-51)16-22-15-25(11-14-27(22)38(37)48)41-39(49)21-5-7-23(40)8-6-21/h5-20,48,50-51H,40H2,1-4H3,(H,41,49). The van der Waals surface area contributed by atoms with Crippen molar-refractivity contribution in [2.45, 2.75) is 9.79 Å². The molecule has 0 heterocycles. The lowest BCUT2D eigenvalue weighted by atomic mass is 10.1. The number of amides is 1. The van der Waals surface area contributed by atoms with Gasteiger partial charge in [0, 0.05) is 51.5 Å². The van der Waals surface area contributed by atoms with Crippen molar-refractivity contribution in [1.82, 2.24) is 0 Å². The number of nitrogens with one attached hydrogen (secondary N) is 1. The van der Waals surface area contributed by atoms with Crippen LogP contribution in [0.4, 0.5) is 45.5 Å². The molecular weight excluding hydrogens is 837 g/mol. The van der Waals surface area contributed by atoms with Gasteiger partial charge in [-0.3, -0.25) is 4.79 Å². The van der Waals surface area contributed by atoms with Crippen molar-refractivity contribution < 1.29 is 58.1 Å². The Bertz CT molecular complexity index is 2600. The number of phenols is 1. The van der Waals surface area contributed by atoms with E-state index in [0.29, 0.717) is 67.5 Å². The Morgan fingerprint density at radius 1 is 0.607 bits per heavy atom. The zero-order valence-electron chi connectivity index (χ0n) is 32.3. The first kappa shape index (κ1) is 43.7. The molecular formula is C39H34N8O12S2. The van der Waals surface area contributed by atoms with Crippen molar-refractivity contribution in [3.8, 4) is 28.7 Å². The number of methoxy groups -OCH3 is 4. The van der Waals surface area contributed by atoms with Crippen molar-refractivity contribution in [1.29, 1.82) is 0 Å². The summed E-state index contributed by atoms with van der Waals surface area (Å²) in [6.45, 7) is 0. The Balaban J connectivity index is 1.26. The fourth-order valence-corrected chi connectivity index (χ4v) is 6.32. The molecule has 6 rings (SSSR count). The summed E-state index contributed by atoms with van der Waals surface area (Å²) in [5, 5.41) is 65.7. The third-order valence-corrected chi connectivity index (χ3v) is 9.60. The molecule has 0 radical (unpaired) electrons. The molecule has 0 saturated heterocycles. The summed E-state index contributed by atoms with van der Waals surface area (Å²) in [5.41, 5.74) is 8.65. The van der Waals surface area contributed by atoms with E-state index in [0.717, 1.165) is 12.0 Å². The van der Waals surface area contributed by atoms with Gasteiger partial charge in [0.2, 0.25) is 0 Å². The van der Waals surface area contributed by atoms with E-state index in [2.05, 4.69) is 50.4 Å². The Hall–Kier alpha value is -6.89. The van der Waals surface area contributed by atoms with Crippen LogP contribution in [-0.2, 0) is 18.7 Å². The van der Waals surface area contributed by atoms with Crippen molar-refractivity contribution >= 4 is 86.3 Å². The highest BCUT2D eigenvalue weighted by atomic mass is 32.2. The second-order valence-electron chi connectivity index (χ2n) is 12.0. The number of aromatic hydroxyl groups is 1. The van der Waals surface area contributed by atoms with Gasteiger partial charge in [0.15, 0.2) is 5.75 Å². The highest BCUT2D eigenvalue weighted by molar-refractivity contribution is 7.94. The minimum Gasteiger partial charge on any atom is -0.505 e. The molecule has 314 valence electrons. The number of hydrogen-bond donors (Lipinski definition) is 5. The molecule has 0 aliphatic rings. The van der Waals surface area contributed by atoms with Crippen LogP contribution < -0.4 is 30.0 Å². The van der Waals surface area contributed by atoms with E-state index in [1.807, 2.05) is 0 Å². The number of anilines is 2. The second kappa shape index (κ2) is 20.9. The lowest BCUT2D eigenvalue weighted by molar-refractivity contribution is -0.432. The maximum atomic E-state index is 12.8. The fourth-order valence-electron chi connectivity index (χ4n) is 5.47. The highest BCUT2D eigenvalue weighted by Crippen LogP contribution is 2.47. The minimum absolute atomic E-state index is 0.0427. The summed E-state index contributed by atoms with van der Waals surface area (Å²) in [4.78, 5) is 13.7. The topological polar surface area (TPSA) is 264 Å². The molecule has 0 saturated carbocycles. The SMILES string of the molecule is COc1cc(N=Nc2cc(OC)c(N=Nc3c(SOOO)cc4cc(NC(=O)c5ccc(N)cc5)ccc4c3O)cc2OC)c(OC)cc1N=Nc1ccc(SOOO)cc1. The largest absolute Gasteiger partial charge is 0.505 e. The summed E-state index contributed by atoms with van der Waals surface area (Å²) < 4.78 is 31.4. The monoisotopic (exact) mass is 870 g/mol. The van der Waals surface area contributed by atoms with Gasteiger partial charge in [-0.2, -0.15) is 5.11 Å². The van der Waals surface area contributed by atoms with Crippen LogP contribution in [0.3, 0.4) is 0 Å². The number of nitrogen functional groups attached to an aromatic ring is 1. The minimum atomic E-state index is -0.366. The molecule has 0 aliphatic carbocycles. The van der Waals surface area contributed by atoms with E-state index < -0.39 is 0 Å². The quantitative estimate of drug-likeness (QED) is 0.0177. The van der Waals surface area contributed by atoms with Gasteiger partial charge >= 0.3 is 0 Å². The van der Waals surface area contributed by atoms with Crippen molar-refractivity contribution in [3.05, 3.63) is 103 Å². The molecule has 0 atom stereocenters. The second-order valence-corrected chi connectivity index (χ2v) is 13.5. The van der Waals surface area contributed by atoms with Crippen LogP contribution >= 0.6 is 24.1 Å². The van der Waals surface area contributed by atoms with Crippen LogP contribution in [0.2, 0.25) is 0 Å². The molecule has 20 nitrogen and oxygen atoms in total. The fraction of sp³-hybridized carbons (Fsp3) is 0.103. The molecule has 22 heteroatoms. The number of phenolic OH excluding ortho intramolecular Hbond substituents is 1. The number of ether oxygens (including phenoxy) is 4. The van der Waals surface area contributed by atoms with Crippen molar-refractivity contribution in [2.24, 2.45) is 30.7 Å². The zero-order chi connectivity index (χ0) is 43.3. The molecule has 0 aliphatic heterocycles. The number of nitrogens with two attached hydrogens (primary N) is 1. The zero-order valence-corrected chi connectivity index (χ0v) is 34.0. The van der Waals surface area contributed by atoms with Crippen LogP contribution in [0.15, 0.2) is 138 Å². The number of rotatable bonds is 18. The lowest BCUT2D eigenvalue weighted by Gasteiger charge is -2.12. The maximum absolute atomic E-state index is 12.8. The first-order valence-corrected chi connectivity index (χ1v) is 18.8. The van der Waals surface area contributed by atoms with Crippen LogP contribution in [0, 0.1) is 0 Å². The van der Waals surface area contributed by atoms with Crippen molar-refractivity contribution in [3.63, 3.8) is 0 Å². The summed E-state index contributed by atoms with van der Waals surface area (Å²) >= 11 is 1.36. The highest BCUT2D eigenvalue weighted by Gasteiger charge is 2.18. The maximum Gasteiger partial charge on any atom is 0.255 e. The molecule has 61 heavy (non-hydrogen) atoms. The van der Waals surface area contributed by atoms with Gasteiger partial charge in [-0.15, -0.1) is 34.2 Å². The molecule has 0 aromatic heterocycles. The predicted octanol–water partition coefficient (Wildman–Crippen LogP) is 11.5. The lowest BCUT2D eigenvalue weighted by Crippen LogP contribution is -2.11. The van der Waals surface area contributed by atoms with E-state index in [4.69, 9.17) is 39.5 Å². The summed E-state index contributed by atoms with van der Waals surface area (Å²) in [7, 11) is 5.77. The van der Waals surface area contributed by atoms with Crippen LogP contribution in [0.25, 0.3) is 10.8 Å². The Labute approximate surface area is 354 Å². The molecule has 0 fully saturated rings. The van der Waals surface area contributed by atoms with Gasteiger partial charge in [-0.25, -0.2) is 10.5 Å². The normalized spacial score (nSPS) is 11.5. The average molecular weight is 871 g/mol. The van der Waals surface area contributed by atoms with E-state index in [-0.39, 0.29) is 50.8 Å². The van der Waals surface area contributed by atoms with Crippen molar-refractivity contribution in [2.75, 3.05) is 39.5 Å². The first-order valence-electron chi connectivity index (χ1n) is 17.3. The molecule has 0 unspecified atom stereocenters. The average Bonchev–Trinajstić information content (AvgIpc) is 3.28. The molecule has 6 aromatic carbocycles. The van der Waals surface area contributed by atoms with Crippen LogP contribution in [-0.4, -0.2) is 50.0 Å². The van der Waals surface area contributed by atoms with Gasteiger partial charge in [0.1, 0.15) is 51.4 Å². The van der Waals surface area contributed by atoms with E-state index >= 15 is 0 Å². The van der Waals surface area contributed by atoms with E-state index in [1.54, 1.807) is 84.9 Å². The number of fused-ring (bicyclic) bond motifs is 1. The third kappa shape index (κ3) is 10.8. The Kier molecular flexibility index (Phi) is 15.0. The number of azo groups is 3. The Morgan fingerprint density at radius 3 is 1.64 bits per heavy atom. The molecule has 6 aromatic rings. The van der Waals surface area contributed by atoms with E-state index in [1.165, 1.54) is 40.6 Å². The predicted molar refractivity (Wildman–Crippen MR) is 224 cm³/mol. The number of carbonyl (C=O) groups is 1. The van der Waals surface area contributed by atoms with Crippen LogP contribution in [0.5, 0.6) is 28.7 Å². The van der Waals surface area contributed by atoms with Gasteiger partial charge in [0.05, 0.1) is 63.1 Å². The van der Waals surface area contributed by atoms with Gasteiger partial charge in [-0.1, -0.05) is 10.1 Å². The van der Waals surface area contributed by atoms with Gasteiger partial charge in [0.25, 0.3) is 5.91 Å². The summed E-state index contributed by atoms with van der Waals surface area (Å²) in [5.74, 6) is 0.426. The van der Waals surface area contributed by atoms with Gasteiger partial charge in [-0.05, 0) is 78.2 Å². The van der Waals surface area contributed by atoms with Crippen LogP contribution in [0.1, 0.15) is 10.4 Å². The number of hydrogen-bond acceptors (Lipinski definition) is 21. The Morgan fingerprint density at radius 2 is 1.11 bits per heavy atom. The van der Waals surface area contributed by atoms with Gasteiger partial charge < -0.3 is 35.1 Å². The summed E-state index contributed by atoms with van der Waals surface area (Å²) in [6, 6.07) is 25.8. The summed E-state index contributed by atoms with van der Waals surface area (Å²) in [6.07, 6.45) is 0. The van der Waals surface area contributed by atoms with E-state index in [9.17, 15) is 9.90 Å². The molecule has 0 bridgehead atoms. The number of carbonyl (C=O) groups excluding carboxylic acids is 1. The third-order valence-electron chi connectivity index (χ3n) is 8.39. The molecule has 6 N–H and O–H groups in total. The molecule has 1 amide bonds. The first-order chi connectivity index (χ1) is 29.7. The molecule has 0 spiro atoms.